The summed E-state index contributed by atoms with van der Waals surface area (Å²) in [5.41, 5.74) is 6.14. The third kappa shape index (κ3) is 3.43. The molecule has 156 valence electrons. The lowest BCUT2D eigenvalue weighted by molar-refractivity contribution is 0.0905. The van der Waals surface area contributed by atoms with Crippen molar-refractivity contribution in [1.82, 2.24) is 19.9 Å². The van der Waals surface area contributed by atoms with E-state index in [0.29, 0.717) is 0 Å². The first kappa shape index (κ1) is 19.7. The molecule has 11 heteroatoms. The maximum Gasteiger partial charge on any atom is 0.270 e. The standard InChI is InChI=1S/C19H17F2N5O4/c1-29-8-13-16(17(22)27)18-23-3-2-14(26(18)25-13)19(28)24-10-6-11-12(21)4-9(20)5-15(11)30-7-10/h2-5,10H,6-8H2,1H3,(H2,22,27)(H,24,28). The van der Waals surface area contributed by atoms with Crippen molar-refractivity contribution in [3.8, 4) is 5.75 Å². The van der Waals surface area contributed by atoms with Gasteiger partial charge in [0.15, 0.2) is 5.65 Å². The van der Waals surface area contributed by atoms with Crippen LogP contribution in [-0.2, 0) is 17.8 Å². The summed E-state index contributed by atoms with van der Waals surface area (Å²) in [5.74, 6) is -2.64. The van der Waals surface area contributed by atoms with Crippen LogP contribution in [0.1, 0.15) is 32.1 Å². The topological polar surface area (TPSA) is 121 Å². The summed E-state index contributed by atoms with van der Waals surface area (Å²) in [4.78, 5) is 28.8. The number of primary amides is 1. The molecule has 3 N–H and O–H groups in total. The van der Waals surface area contributed by atoms with E-state index >= 15 is 0 Å². The number of hydrogen-bond donors (Lipinski definition) is 2. The average molecular weight is 417 g/mol. The monoisotopic (exact) mass is 417 g/mol. The van der Waals surface area contributed by atoms with E-state index in [-0.39, 0.29) is 53.5 Å². The van der Waals surface area contributed by atoms with E-state index in [2.05, 4.69) is 15.4 Å². The van der Waals surface area contributed by atoms with E-state index in [0.717, 1.165) is 12.1 Å². The van der Waals surface area contributed by atoms with Crippen LogP contribution in [0.5, 0.6) is 5.75 Å². The van der Waals surface area contributed by atoms with Crippen molar-refractivity contribution in [1.29, 1.82) is 0 Å². The van der Waals surface area contributed by atoms with Gasteiger partial charge in [-0.15, -0.1) is 0 Å². The Kier molecular flexibility index (Phi) is 5.04. The second-order valence-corrected chi connectivity index (χ2v) is 6.73. The summed E-state index contributed by atoms with van der Waals surface area (Å²) in [5, 5.41) is 6.97. The summed E-state index contributed by atoms with van der Waals surface area (Å²) in [6.45, 7) is 0.0439. The number of hydrogen-bond acceptors (Lipinski definition) is 6. The van der Waals surface area contributed by atoms with E-state index in [9.17, 15) is 18.4 Å². The molecular weight excluding hydrogens is 400 g/mol. The van der Waals surface area contributed by atoms with Gasteiger partial charge in [0.05, 0.1) is 12.6 Å². The minimum absolute atomic E-state index is 0.00573. The molecule has 1 aromatic carbocycles. The number of rotatable bonds is 5. The molecule has 0 aliphatic carbocycles. The highest BCUT2D eigenvalue weighted by molar-refractivity contribution is 6.01. The number of nitrogens with zero attached hydrogens (tertiary/aromatic N) is 3. The molecule has 2 amide bonds. The summed E-state index contributed by atoms with van der Waals surface area (Å²) in [6.07, 6.45) is 1.48. The van der Waals surface area contributed by atoms with Crippen LogP contribution in [0.25, 0.3) is 5.65 Å². The number of halogens is 2. The van der Waals surface area contributed by atoms with Gasteiger partial charge in [0.1, 0.15) is 40.9 Å². The Labute approximate surface area is 168 Å². The molecule has 4 rings (SSSR count). The number of nitrogens with two attached hydrogens (primary N) is 1. The van der Waals surface area contributed by atoms with Crippen LogP contribution < -0.4 is 15.8 Å². The number of amides is 2. The Morgan fingerprint density at radius 2 is 2.20 bits per heavy atom. The second kappa shape index (κ2) is 7.67. The van der Waals surface area contributed by atoms with Crippen LogP contribution in [0.15, 0.2) is 24.4 Å². The summed E-state index contributed by atoms with van der Waals surface area (Å²) in [6, 6.07) is 2.74. The molecule has 2 aromatic heterocycles. The predicted molar refractivity (Wildman–Crippen MR) is 99.0 cm³/mol. The first-order valence-corrected chi connectivity index (χ1v) is 8.96. The first-order valence-electron chi connectivity index (χ1n) is 8.96. The molecule has 1 aliphatic heterocycles. The molecule has 1 aliphatic rings. The summed E-state index contributed by atoms with van der Waals surface area (Å²) in [7, 11) is 1.43. The van der Waals surface area contributed by atoms with Gasteiger partial charge < -0.3 is 20.5 Å². The molecule has 1 unspecified atom stereocenters. The van der Waals surface area contributed by atoms with Gasteiger partial charge in [0.25, 0.3) is 11.8 Å². The van der Waals surface area contributed by atoms with Crippen molar-refractivity contribution in [3.05, 3.63) is 58.5 Å². The molecule has 0 spiro atoms. The highest BCUT2D eigenvalue weighted by Crippen LogP contribution is 2.28. The Hall–Kier alpha value is -3.60. The van der Waals surface area contributed by atoms with Crippen molar-refractivity contribution >= 4 is 17.5 Å². The highest BCUT2D eigenvalue weighted by atomic mass is 19.1. The molecule has 0 bridgehead atoms. The Balaban J connectivity index is 1.63. The zero-order valence-electron chi connectivity index (χ0n) is 15.8. The Morgan fingerprint density at radius 3 is 2.93 bits per heavy atom. The third-order valence-corrected chi connectivity index (χ3v) is 4.70. The van der Waals surface area contributed by atoms with Crippen LogP contribution in [0, 0.1) is 11.6 Å². The molecular formula is C19H17F2N5O4. The second-order valence-electron chi connectivity index (χ2n) is 6.73. The van der Waals surface area contributed by atoms with Gasteiger partial charge in [-0.3, -0.25) is 9.59 Å². The number of carbonyl (C=O) groups is 2. The van der Waals surface area contributed by atoms with Crippen LogP contribution in [0.4, 0.5) is 8.78 Å². The van der Waals surface area contributed by atoms with Crippen molar-refractivity contribution in [3.63, 3.8) is 0 Å². The molecule has 0 radical (unpaired) electrons. The number of carbonyl (C=O) groups excluding carboxylic acids is 2. The maximum atomic E-state index is 14.1. The van der Waals surface area contributed by atoms with E-state index in [1.807, 2.05) is 0 Å². The maximum absolute atomic E-state index is 14.1. The fourth-order valence-electron chi connectivity index (χ4n) is 3.41. The van der Waals surface area contributed by atoms with Crippen molar-refractivity contribution in [2.75, 3.05) is 13.7 Å². The van der Waals surface area contributed by atoms with Crippen LogP contribution in [-0.4, -0.2) is 46.2 Å². The van der Waals surface area contributed by atoms with Gasteiger partial charge >= 0.3 is 0 Å². The summed E-state index contributed by atoms with van der Waals surface area (Å²) < 4.78 is 39.0. The number of nitrogens with one attached hydrogen (secondary N) is 1. The fourth-order valence-corrected chi connectivity index (χ4v) is 3.41. The van der Waals surface area contributed by atoms with Crippen molar-refractivity contribution in [2.24, 2.45) is 5.73 Å². The van der Waals surface area contributed by atoms with E-state index in [1.165, 1.54) is 23.9 Å². The van der Waals surface area contributed by atoms with Gasteiger partial charge in [0.2, 0.25) is 0 Å². The van der Waals surface area contributed by atoms with Gasteiger partial charge in [-0.05, 0) is 6.07 Å². The number of aromatic nitrogens is 3. The number of ether oxygens (including phenoxy) is 2. The van der Waals surface area contributed by atoms with Crippen LogP contribution >= 0.6 is 0 Å². The fraction of sp³-hybridized carbons (Fsp3) is 0.263. The average Bonchev–Trinajstić information content (AvgIpc) is 3.06. The quantitative estimate of drug-likeness (QED) is 0.639. The van der Waals surface area contributed by atoms with Crippen LogP contribution in [0.2, 0.25) is 0 Å². The molecule has 3 aromatic rings. The Morgan fingerprint density at radius 1 is 1.40 bits per heavy atom. The number of methoxy groups -OCH3 is 1. The highest BCUT2D eigenvalue weighted by Gasteiger charge is 2.27. The summed E-state index contributed by atoms with van der Waals surface area (Å²) >= 11 is 0. The van der Waals surface area contributed by atoms with Gasteiger partial charge in [-0.2, -0.15) is 5.10 Å². The molecule has 3 heterocycles. The first-order chi connectivity index (χ1) is 14.4. The van der Waals surface area contributed by atoms with Crippen molar-refractivity contribution in [2.45, 2.75) is 19.1 Å². The smallest absolute Gasteiger partial charge is 0.270 e. The molecule has 0 fully saturated rings. The molecule has 30 heavy (non-hydrogen) atoms. The minimum Gasteiger partial charge on any atom is -0.491 e. The van der Waals surface area contributed by atoms with E-state index in [1.54, 1.807) is 0 Å². The molecule has 1 atom stereocenters. The molecule has 9 nitrogen and oxygen atoms in total. The van der Waals surface area contributed by atoms with Crippen LogP contribution in [0.3, 0.4) is 0 Å². The Bertz CT molecular complexity index is 1160. The number of benzene rings is 1. The zero-order chi connectivity index (χ0) is 21.4. The van der Waals surface area contributed by atoms with E-state index < -0.39 is 29.5 Å². The lowest BCUT2D eigenvalue weighted by atomic mass is 10.0. The lowest BCUT2D eigenvalue weighted by Crippen LogP contribution is -2.43. The molecule has 0 saturated carbocycles. The largest absolute Gasteiger partial charge is 0.491 e. The van der Waals surface area contributed by atoms with Gasteiger partial charge in [0, 0.05) is 37.4 Å². The zero-order valence-corrected chi connectivity index (χ0v) is 15.8. The normalized spacial score (nSPS) is 15.5. The predicted octanol–water partition coefficient (Wildman–Crippen LogP) is 0.986. The van der Waals surface area contributed by atoms with Gasteiger partial charge in [-0.25, -0.2) is 18.3 Å². The number of fused-ring (bicyclic) bond motifs is 2. The SMILES string of the molecule is COCc1nn2c(C(=O)NC3COc4cc(F)cc(F)c4C3)ccnc2c1C(N)=O. The van der Waals surface area contributed by atoms with E-state index in [4.69, 9.17) is 15.2 Å². The minimum atomic E-state index is -0.748. The third-order valence-electron chi connectivity index (χ3n) is 4.70. The lowest BCUT2D eigenvalue weighted by Gasteiger charge is -2.26. The molecule has 0 saturated heterocycles. The van der Waals surface area contributed by atoms with Gasteiger partial charge in [-0.1, -0.05) is 0 Å². The van der Waals surface area contributed by atoms with Crippen molar-refractivity contribution < 1.29 is 27.8 Å².